The van der Waals surface area contributed by atoms with E-state index in [0.717, 1.165) is 16.7 Å². The van der Waals surface area contributed by atoms with Crippen molar-refractivity contribution in [1.82, 2.24) is 26.2 Å². The average Bonchev–Trinajstić information content (AvgIpc) is 3.41. The van der Waals surface area contributed by atoms with E-state index in [-0.39, 0.29) is 73.2 Å². The lowest BCUT2D eigenvalue weighted by Crippen LogP contribution is -2.59. The van der Waals surface area contributed by atoms with Gasteiger partial charge in [0.05, 0.1) is 18.3 Å². The Morgan fingerprint density at radius 2 is 1.31 bits per heavy atom. The van der Waals surface area contributed by atoms with Gasteiger partial charge in [0, 0.05) is 71.4 Å². The molecule has 6 amide bonds. The van der Waals surface area contributed by atoms with Gasteiger partial charge in [-0.2, -0.15) is 0 Å². The van der Waals surface area contributed by atoms with Crippen LogP contribution in [0.1, 0.15) is 123 Å². The number of carbonyl (C=O) groups excluding carboxylic acids is 6. The molecule has 5 rings (SSSR count). The van der Waals surface area contributed by atoms with Gasteiger partial charge in [-0.15, -0.1) is 0 Å². The topological polar surface area (TPSA) is 265 Å². The number of para-hydroxylation sites is 1. The third-order valence-electron chi connectivity index (χ3n) is 14.8. The van der Waals surface area contributed by atoms with E-state index in [1.54, 1.807) is 81.3 Å². The lowest BCUT2D eigenvalue weighted by atomic mass is 9.76. The van der Waals surface area contributed by atoms with Gasteiger partial charge < -0.3 is 46.4 Å². The molecule has 1 aliphatic heterocycles. The number of likely N-dealkylation sites (N-methyl/N-ethyl adjacent to an activating group) is 2. The maximum atomic E-state index is 14.1. The van der Waals surface area contributed by atoms with E-state index < -0.39 is 71.6 Å². The monoisotopic (exact) mass is 1140 g/mol. The summed E-state index contributed by atoms with van der Waals surface area (Å²) in [6, 6.07) is 24.8. The fourth-order valence-corrected chi connectivity index (χ4v) is 9.68. The number of carboxylic acids is 2. The zero-order valence-electron chi connectivity index (χ0n) is 49.8. The number of carboxylic acid groups (broad SMARTS) is 2. The number of nitrogens with one attached hydrogen (secondary N) is 6. The molecule has 0 unspecified atom stereocenters. The summed E-state index contributed by atoms with van der Waals surface area (Å²) < 4.78 is 5.49. The van der Waals surface area contributed by atoms with Gasteiger partial charge in [0.25, 0.3) is 0 Å². The van der Waals surface area contributed by atoms with Crippen LogP contribution >= 0.6 is 0 Å². The van der Waals surface area contributed by atoms with Crippen LogP contribution in [0.3, 0.4) is 0 Å². The molecule has 19 nitrogen and oxygen atoms in total. The van der Waals surface area contributed by atoms with Crippen LogP contribution in [-0.4, -0.2) is 114 Å². The van der Waals surface area contributed by atoms with Gasteiger partial charge >= 0.3 is 18.0 Å². The van der Waals surface area contributed by atoms with Crippen LogP contribution in [0.5, 0.6) is 0 Å². The standard InChI is InChI=1S/C64H82N8O11/c1-39(2)51(35-41(5)61(80)81)71(12)37-52(63(6,7)8)69-60(79)57(65-11)64(9,10)46-25-29-48(30-26-46)67-62(82)83-38-42-21-27-47(28-22-42)66-58(77)49(31-34-55(75)76)68-59(78)56(40(3)4)70-53(73)32-33-54(74)72-36-45-19-14-13-17-43(45)23-24-44-18-15-16-20-50(44)72/h13-22,25-30,35,39-40,49,51-52,56-57,65H,31-34,36-38H2,1-12H3,(H,66,77)(H,67,82)(H,68,78)(H,69,79)(H,70,73)(H,75,76)(H,80,81)/b41-35+/t49-,51+,52+,56-,57-/m0/s1. The molecule has 8 N–H and O–H groups in total. The van der Waals surface area contributed by atoms with Gasteiger partial charge in [0.1, 0.15) is 18.7 Å². The highest BCUT2D eigenvalue weighted by molar-refractivity contribution is 6.00. The normalized spacial score (nSPS) is 14.2. The number of ether oxygens (including phenoxy) is 1. The second-order valence-electron chi connectivity index (χ2n) is 23.4. The predicted molar refractivity (Wildman–Crippen MR) is 320 cm³/mol. The lowest BCUT2D eigenvalue weighted by Gasteiger charge is -2.40. The van der Waals surface area contributed by atoms with Gasteiger partial charge in [-0.3, -0.25) is 39.0 Å². The van der Waals surface area contributed by atoms with Gasteiger partial charge in [-0.25, -0.2) is 9.59 Å². The van der Waals surface area contributed by atoms with Crippen molar-refractivity contribution in [3.8, 4) is 11.8 Å². The van der Waals surface area contributed by atoms with Gasteiger partial charge in [-0.1, -0.05) is 135 Å². The number of hydrogen-bond donors (Lipinski definition) is 8. The highest BCUT2D eigenvalue weighted by Crippen LogP contribution is 2.31. The van der Waals surface area contributed by atoms with E-state index in [0.29, 0.717) is 34.7 Å². The lowest BCUT2D eigenvalue weighted by molar-refractivity contribution is -0.138. The highest BCUT2D eigenvalue weighted by atomic mass is 16.5. The second-order valence-corrected chi connectivity index (χ2v) is 23.4. The number of aliphatic carboxylic acids is 2. The number of fused-ring (bicyclic) bond motifs is 2. The first kappa shape index (κ1) is 65.5. The zero-order valence-corrected chi connectivity index (χ0v) is 49.8. The van der Waals surface area contributed by atoms with Crippen LogP contribution in [0, 0.1) is 29.1 Å². The van der Waals surface area contributed by atoms with Crippen molar-refractivity contribution in [2.45, 2.75) is 144 Å². The Labute approximate surface area is 487 Å². The van der Waals surface area contributed by atoms with E-state index in [2.05, 4.69) is 69.4 Å². The molecule has 5 atom stereocenters. The maximum absolute atomic E-state index is 14.1. The van der Waals surface area contributed by atoms with Gasteiger partial charge in [0.2, 0.25) is 29.5 Å². The number of anilines is 3. The Hall–Kier alpha value is -8.34. The molecule has 0 spiro atoms. The molecular formula is C64H82N8O11. The molecular weight excluding hydrogens is 1060 g/mol. The summed E-state index contributed by atoms with van der Waals surface area (Å²) in [4.78, 5) is 109. The molecule has 0 fully saturated rings. The van der Waals surface area contributed by atoms with E-state index in [1.807, 2.05) is 89.3 Å². The molecule has 4 aromatic rings. The Bertz CT molecular complexity index is 3060. The van der Waals surface area contributed by atoms with Crippen LogP contribution < -0.4 is 36.8 Å². The van der Waals surface area contributed by atoms with Crippen LogP contribution in [0.2, 0.25) is 0 Å². The summed E-state index contributed by atoms with van der Waals surface area (Å²) in [6.07, 6.45) is -0.0718. The fourth-order valence-electron chi connectivity index (χ4n) is 9.68. The Morgan fingerprint density at radius 3 is 1.92 bits per heavy atom. The Kier molecular flexibility index (Phi) is 23.3. The van der Waals surface area contributed by atoms with E-state index in [9.17, 15) is 48.6 Å². The maximum Gasteiger partial charge on any atom is 0.411 e. The molecule has 0 aliphatic carbocycles. The highest BCUT2D eigenvalue weighted by Gasteiger charge is 2.39. The van der Waals surface area contributed by atoms with E-state index in [4.69, 9.17) is 4.74 Å². The molecule has 0 radical (unpaired) electrons. The number of amides is 6. The molecule has 83 heavy (non-hydrogen) atoms. The quantitative estimate of drug-likeness (QED) is 0.0219. The first-order valence-electron chi connectivity index (χ1n) is 27.9. The summed E-state index contributed by atoms with van der Waals surface area (Å²) in [5.74, 6) is 1.35. The van der Waals surface area contributed by atoms with Crippen molar-refractivity contribution in [3.05, 3.63) is 137 Å². The fraction of sp³-hybridized carbons (Fsp3) is 0.438. The minimum atomic E-state index is -1.30. The molecule has 0 saturated carbocycles. The van der Waals surface area contributed by atoms with Crippen molar-refractivity contribution >= 4 is 64.6 Å². The third kappa shape index (κ3) is 18.8. The number of carbonyl (C=O) groups is 8. The molecule has 1 aliphatic rings. The predicted octanol–water partition coefficient (Wildman–Crippen LogP) is 7.97. The van der Waals surface area contributed by atoms with Crippen LogP contribution in [0.25, 0.3) is 0 Å². The van der Waals surface area contributed by atoms with Crippen molar-refractivity contribution in [2.75, 3.05) is 36.2 Å². The van der Waals surface area contributed by atoms with E-state index >= 15 is 0 Å². The molecule has 0 saturated heterocycles. The smallest absolute Gasteiger partial charge is 0.411 e. The molecule has 4 aromatic carbocycles. The summed E-state index contributed by atoms with van der Waals surface area (Å²) >= 11 is 0. The third-order valence-corrected chi connectivity index (χ3v) is 14.8. The van der Waals surface area contributed by atoms with E-state index in [1.165, 1.54) is 0 Å². The first-order valence-corrected chi connectivity index (χ1v) is 27.9. The number of hydrogen-bond acceptors (Lipinski definition) is 11. The molecule has 444 valence electrons. The Morgan fingerprint density at radius 1 is 0.711 bits per heavy atom. The SMILES string of the molecule is CN[C@@H](C(=O)N[C@H](CN(C)[C@H](/C=C(\C)C(=O)O)C(C)C)C(C)(C)C)C(C)(C)c1ccc(NC(=O)OCc2ccc(NC(=O)[C@H](CCC(=O)O)NC(=O)[C@@H](NC(=O)CCC(=O)N3Cc4ccccc4C#Cc4ccccc43)C(C)C)cc2)cc1. The summed E-state index contributed by atoms with van der Waals surface area (Å²) in [7, 11) is 3.66. The largest absolute Gasteiger partial charge is 0.481 e. The van der Waals surface area contributed by atoms with Crippen molar-refractivity contribution < 1.29 is 53.3 Å². The Balaban J connectivity index is 1.13. The van der Waals surface area contributed by atoms with Gasteiger partial charge in [0.15, 0.2) is 0 Å². The van der Waals surface area contributed by atoms with Gasteiger partial charge in [-0.05, 0) is 104 Å². The minimum Gasteiger partial charge on any atom is -0.481 e. The molecule has 0 aromatic heterocycles. The molecule has 0 bridgehead atoms. The molecule has 1 heterocycles. The van der Waals surface area contributed by atoms with Crippen molar-refractivity contribution in [1.29, 1.82) is 0 Å². The van der Waals surface area contributed by atoms with Crippen molar-refractivity contribution in [3.63, 3.8) is 0 Å². The summed E-state index contributed by atoms with van der Waals surface area (Å²) in [5, 5.41) is 36.3. The second kappa shape index (κ2) is 29.6. The minimum absolute atomic E-state index is 0.119. The average molecular weight is 1140 g/mol. The number of benzene rings is 4. The van der Waals surface area contributed by atoms with Crippen LogP contribution in [0.15, 0.2) is 109 Å². The first-order chi connectivity index (χ1) is 39.1. The zero-order chi connectivity index (χ0) is 61.3. The number of nitrogens with zero attached hydrogens (tertiary/aromatic N) is 2. The van der Waals surface area contributed by atoms with Crippen molar-refractivity contribution in [2.24, 2.45) is 17.3 Å². The molecule has 19 heteroatoms. The summed E-state index contributed by atoms with van der Waals surface area (Å²) in [6.45, 7) is 19.7. The summed E-state index contributed by atoms with van der Waals surface area (Å²) in [5.41, 5.74) is 4.31. The number of rotatable bonds is 26. The van der Waals surface area contributed by atoms with Crippen LogP contribution in [-0.2, 0) is 56.9 Å². The van der Waals surface area contributed by atoms with Crippen LogP contribution in [0.4, 0.5) is 21.9 Å².